The number of ether oxygens (including phenoxy) is 2. The molecule has 306 valence electrons. The summed E-state index contributed by atoms with van der Waals surface area (Å²) in [5.74, 6) is 0.154. The van der Waals surface area contributed by atoms with Crippen molar-refractivity contribution in [3.05, 3.63) is 165 Å². The number of fused-ring (bicyclic) bond motifs is 3. The molecule has 0 radical (unpaired) electrons. The van der Waals surface area contributed by atoms with Gasteiger partial charge >= 0.3 is 0 Å². The van der Waals surface area contributed by atoms with Crippen LogP contribution in [0.15, 0.2) is 132 Å². The number of hydrogen-bond donors (Lipinski definition) is 2. The van der Waals surface area contributed by atoms with E-state index >= 15 is 4.79 Å². The predicted molar refractivity (Wildman–Crippen MR) is 236 cm³/mol. The van der Waals surface area contributed by atoms with Crippen molar-refractivity contribution in [1.29, 1.82) is 0 Å². The SMILES string of the molecule is COc1ccc([Si](C)(C)[C@H]2[C@H](CCn3cc(C(CO)c4ccccc4)nn3)O[C@@]3(C(=O)N(Cc4ccc(-n5[nH]c6ccccc6c5=O)cc4)c4ccc(Cl)cc43)[C@@H]2C)cc1. The Labute approximate surface area is 354 Å². The van der Waals surface area contributed by atoms with Gasteiger partial charge in [-0.3, -0.25) is 19.4 Å². The van der Waals surface area contributed by atoms with E-state index in [0.29, 0.717) is 41.3 Å². The van der Waals surface area contributed by atoms with Crippen molar-refractivity contribution in [2.45, 2.75) is 62.7 Å². The van der Waals surface area contributed by atoms with Crippen molar-refractivity contribution < 1.29 is 19.4 Å². The molecule has 60 heavy (non-hydrogen) atoms. The first-order chi connectivity index (χ1) is 29.0. The van der Waals surface area contributed by atoms with Crippen molar-refractivity contribution in [1.82, 2.24) is 24.8 Å². The lowest BCUT2D eigenvalue weighted by Gasteiger charge is -2.37. The minimum Gasteiger partial charge on any atom is -0.497 e. The molecule has 1 fully saturated rings. The van der Waals surface area contributed by atoms with Crippen LogP contribution < -0.4 is 20.4 Å². The Hall–Kier alpha value is -5.79. The summed E-state index contributed by atoms with van der Waals surface area (Å²) < 4.78 is 16.2. The highest BCUT2D eigenvalue weighted by atomic mass is 35.5. The first kappa shape index (κ1) is 39.7. The Morgan fingerprint density at radius 1 is 0.950 bits per heavy atom. The largest absolute Gasteiger partial charge is 0.497 e. The van der Waals surface area contributed by atoms with Crippen LogP contribution in [-0.4, -0.2) is 63.7 Å². The lowest BCUT2D eigenvalue weighted by Crippen LogP contribution is -2.51. The number of halogens is 1. The van der Waals surface area contributed by atoms with Crippen molar-refractivity contribution in [3.8, 4) is 11.4 Å². The maximum atomic E-state index is 15.4. The molecule has 1 unspecified atom stereocenters. The third-order valence-electron chi connectivity index (χ3n) is 12.9. The monoisotopic (exact) mass is 838 g/mol. The number of aryl methyl sites for hydroxylation is 1. The fourth-order valence-electron chi connectivity index (χ4n) is 9.78. The maximum absolute atomic E-state index is 15.4. The van der Waals surface area contributed by atoms with Crippen LogP contribution in [0.1, 0.15) is 41.6 Å². The van der Waals surface area contributed by atoms with Crippen LogP contribution in [0, 0.1) is 5.92 Å². The number of para-hydroxylation sites is 1. The molecule has 13 heteroatoms. The van der Waals surface area contributed by atoms with E-state index in [2.05, 4.69) is 47.6 Å². The zero-order chi connectivity index (χ0) is 41.8. The van der Waals surface area contributed by atoms with E-state index < -0.39 is 13.7 Å². The molecule has 5 atom stereocenters. The van der Waals surface area contributed by atoms with Crippen molar-refractivity contribution in [2.24, 2.45) is 5.92 Å². The second-order valence-electron chi connectivity index (χ2n) is 16.5. The molecule has 0 bridgehead atoms. The number of benzene rings is 5. The number of aliphatic hydroxyl groups excluding tert-OH is 1. The average Bonchev–Trinajstić information content (AvgIpc) is 4.01. The second kappa shape index (κ2) is 15.7. The number of amides is 1. The molecule has 1 saturated heterocycles. The van der Waals surface area contributed by atoms with Gasteiger partial charge in [-0.15, -0.1) is 5.10 Å². The first-order valence-corrected chi connectivity index (χ1v) is 23.8. The molecule has 0 aliphatic carbocycles. The molecule has 2 aliphatic rings. The number of methoxy groups -OCH3 is 1. The number of carbonyl (C=O) groups excluding carboxylic acids is 1. The van der Waals surface area contributed by atoms with Crippen LogP contribution in [0.25, 0.3) is 16.6 Å². The number of nitrogens with zero attached hydrogens (tertiary/aromatic N) is 5. The first-order valence-electron chi connectivity index (χ1n) is 20.3. The molecule has 2 aromatic heterocycles. The van der Waals surface area contributed by atoms with E-state index in [1.165, 1.54) is 5.19 Å². The summed E-state index contributed by atoms with van der Waals surface area (Å²) in [5.41, 5.74) is 4.18. The van der Waals surface area contributed by atoms with E-state index in [-0.39, 0.29) is 41.6 Å². The smallest absolute Gasteiger partial charge is 0.279 e. The lowest BCUT2D eigenvalue weighted by molar-refractivity contribution is -0.146. The van der Waals surface area contributed by atoms with Crippen LogP contribution >= 0.6 is 11.6 Å². The molecule has 1 amide bonds. The number of anilines is 1. The van der Waals surface area contributed by atoms with Gasteiger partial charge in [0.25, 0.3) is 11.5 Å². The molecule has 4 heterocycles. The third kappa shape index (κ3) is 6.68. The summed E-state index contributed by atoms with van der Waals surface area (Å²) in [6.45, 7) is 7.61. The van der Waals surface area contributed by atoms with Gasteiger partial charge in [0.15, 0.2) is 5.60 Å². The highest BCUT2D eigenvalue weighted by molar-refractivity contribution is 6.91. The van der Waals surface area contributed by atoms with Crippen molar-refractivity contribution >= 4 is 47.4 Å². The highest BCUT2D eigenvalue weighted by Gasteiger charge is 2.66. The van der Waals surface area contributed by atoms with Crippen molar-refractivity contribution in [2.75, 3.05) is 18.6 Å². The Morgan fingerprint density at radius 2 is 1.68 bits per heavy atom. The molecular formula is C47H47ClN6O5Si. The summed E-state index contributed by atoms with van der Waals surface area (Å²) >= 11 is 6.76. The van der Waals surface area contributed by atoms with Crippen LogP contribution in [-0.2, 0) is 28.2 Å². The third-order valence-corrected chi connectivity index (χ3v) is 17.5. The maximum Gasteiger partial charge on any atom is 0.279 e. The molecule has 2 aliphatic heterocycles. The summed E-state index contributed by atoms with van der Waals surface area (Å²) in [7, 11) is -0.744. The zero-order valence-electron chi connectivity index (χ0n) is 34.0. The van der Waals surface area contributed by atoms with E-state index in [1.807, 2.05) is 125 Å². The highest BCUT2D eigenvalue weighted by Crippen LogP contribution is 2.60. The van der Waals surface area contributed by atoms with Gasteiger partial charge in [-0.1, -0.05) is 109 Å². The van der Waals surface area contributed by atoms with Gasteiger partial charge in [-0.05, 0) is 77.7 Å². The number of nitrogens with one attached hydrogen (secondary N) is 1. The molecule has 1 spiro atoms. The molecule has 7 aromatic rings. The molecule has 5 aromatic carbocycles. The molecule has 2 N–H and O–H groups in total. The van der Waals surface area contributed by atoms with Crippen LogP contribution in [0.3, 0.4) is 0 Å². The lowest BCUT2D eigenvalue weighted by atomic mass is 9.82. The fraction of sp³-hybridized carbons (Fsp3) is 0.277. The topological polar surface area (TPSA) is 127 Å². The van der Waals surface area contributed by atoms with Gasteiger partial charge in [0.1, 0.15) is 5.75 Å². The number of aliphatic hydroxyl groups is 1. The van der Waals surface area contributed by atoms with Gasteiger partial charge in [0.2, 0.25) is 0 Å². The number of hydrogen-bond acceptors (Lipinski definition) is 7. The second-order valence-corrected chi connectivity index (χ2v) is 21.6. The summed E-state index contributed by atoms with van der Waals surface area (Å²) in [5, 5.41) is 24.9. The van der Waals surface area contributed by atoms with Gasteiger partial charge in [-0.25, -0.2) is 4.68 Å². The van der Waals surface area contributed by atoms with E-state index in [0.717, 1.165) is 33.6 Å². The van der Waals surface area contributed by atoms with E-state index in [4.69, 9.17) is 21.1 Å². The zero-order valence-corrected chi connectivity index (χ0v) is 35.7. The Balaban J connectivity index is 1.05. The summed E-state index contributed by atoms with van der Waals surface area (Å²) in [6, 6.07) is 38.9. The average molecular weight is 839 g/mol. The molecular weight excluding hydrogens is 792 g/mol. The normalized spacial score (nSPS) is 20.6. The van der Waals surface area contributed by atoms with E-state index in [1.54, 1.807) is 11.8 Å². The van der Waals surface area contributed by atoms with E-state index in [9.17, 15) is 9.90 Å². The van der Waals surface area contributed by atoms with Gasteiger partial charge in [0.05, 0.1) is 68.3 Å². The Bertz CT molecular complexity index is 2730. The molecule has 9 rings (SSSR count). The minimum atomic E-state index is -2.41. The molecule has 11 nitrogen and oxygen atoms in total. The van der Waals surface area contributed by atoms with Crippen LogP contribution in [0.2, 0.25) is 23.7 Å². The van der Waals surface area contributed by atoms with Crippen LogP contribution in [0.4, 0.5) is 5.69 Å². The number of carbonyl (C=O) groups is 1. The van der Waals surface area contributed by atoms with Gasteiger partial charge in [-0.2, -0.15) is 0 Å². The number of aromatic nitrogens is 5. The Kier molecular flexibility index (Phi) is 10.4. The fourth-order valence-corrected chi connectivity index (χ4v) is 14.0. The predicted octanol–water partition coefficient (Wildman–Crippen LogP) is 7.55. The number of H-pyrrole nitrogens is 1. The quantitative estimate of drug-likeness (QED) is 0.122. The van der Waals surface area contributed by atoms with Gasteiger partial charge < -0.3 is 19.5 Å². The van der Waals surface area contributed by atoms with Crippen molar-refractivity contribution in [3.63, 3.8) is 0 Å². The number of aromatic amines is 1. The summed E-state index contributed by atoms with van der Waals surface area (Å²) in [6.07, 6.45) is 2.17. The Morgan fingerprint density at radius 3 is 2.40 bits per heavy atom. The van der Waals surface area contributed by atoms with Crippen LogP contribution in [0.5, 0.6) is 5.75 Å². The minimum absolute atomic E-state index is 0.00744. The standard InChI is InChI=1S/C47H47ClN6O5Si/c1-30-44(60(3,4)36-21-19-35(58-2)20-22-36)43(24-25-52-28-41(49-51-52)38(29-55)32-10-6-5-7-11-32)59-47(30)39-26-33(48)16-23-42(39)53(46(47)57)27-31-14-17-34(18-15-31)54-45(56)37-12-8-9-13-40(37)50-54/h5-23,26,28,30,38,43-44,50,55H,24-25,27,29H2,1-4H3/t30-,38?,43+,44-,47+/m1/s1. The van der Waals surface area contributed by atoms with Gasteiger partial charge in [0, 0.05) is 29.2 Å². The summed E-state index contributed by atoms with van der Waals surface area (Å²) in [4.78, 5) is 30.4. The number of rotatable bonds is 12. The molecule has 0 saturated carbocycles.